The van der Waals surface area contributed by atoms with Gasteiger partial charge in [0.15, 0.2) is 0 Å². The van der Waals surface area contributed by atoms with Crippen LogP contribution in [0.25, 0.3) is 0 Å². The van der Waals surface area contributed by atoms with E-state index < -0.39 is 5.97 Å². The molecule has 0 aromatic heterocycles. The lowest BCUT2D eigenvalue weighted by atomic mass is 10.2. The summed E-state index contributed by atoms with van der Waals surface area (Å²) in [4.78, 5) is 11.2. The number of carbonyl (C=O) groups is 1. The average Bonchev–Trinajstić information content (AvgIpc) is 2.26. The Labute approximate surface area is 82.6 Å². The molecule has 0 heterocycles. The van der Waals surface area contributed by atoms with E-state index in [9.17, 15) is 4.79 Å². The van der Waals surface area contributed by atoms with Crippen LogP contribution in [0.3, 0.4) is 0 Å². The first kappa shape index (κ1) is 10.1. The zero-order chi connectivity index (χ0) is 10.4. The first-order valence-corrected chi connectivity index (χ1v) is 4.05. The Kier molecular flexibility index (Phi) is 3.57. The van der Waals surface area contributed by atoms with E-state index in [0.29, 0.717) is 11.3 Å². The highest BCUT2D eigenvalue weighted by atomic mass is 16.5. The molecule has 0 fully saturated rings. The minimum Gasteiger partial charge on any atom is -0.497 e. The van der Waals surface area contributed by atoms with Gasteiger partial charge in [-0.25, -0.2) is 4.79 Å². The molecule has 0 unspecified atom stereocenters. The second-order valence-corrected chi connectivity index (χ2v) is 2.47. The molecule has 0 radical (unpaired) electrons. The molecule has 0 atom stereocenters. The Balaban J connectivity index is 2.74. The van der Waals surface area contributed by atoms with Gasteiger partial charge in [-0.3, -0.25) is 0 Å². The van der Waals surface area contributed by atoms with Crippen molar-refractivity contribution in [3.05, 3.63) is 29.8 Å². The van der Waals surface area contributed by atoms with E-state index >= 15 is 0 Å². The molecular weight excluding hydrogens is 180 g/mol. The van der Waals surface area contributed by atoms with E-state index in [1.54, 1.807) is 38.3 Å². The molecule has 72 valence electrons. The molecule has 0 saturated heterocycles. The Morgan fingerprint density at radius 1 is 1.29 bits per heavy atom. The Hall–Kier alpha value is -1.95. The fourth-order valence-corrected chi connectivity index (χ4v) is 0.883. The largest absolute Gasteiger partial charge is 0.497 e. The van der Waals surface area contributed by atoms with Crippen molar-refractivity contribution < 1.29 is 14.3 Å². The van der Waals surface area contributed by atoms with Gasteiger partial charge in [-0.1, -0.05) is 5.92 Å². The van der Waals surface area contributed by atoms with Crippen LogP contribution in [0.4, 0.5) is 0 Å². The smallest absolute Gasteiger partial charge is 0.352 e. The lowest BCUT2D eigenvalue weighted by molar-refractivity contribution is 0.0690. The van der Waals surface area contributed by atoms with Gasteiger partial charge in [-0.15, -0.1) is 0 Å². The van der Waals surface area contributed by atoms with Crippen LogP contribution in [-0.4, -0.2) is 13.1 Å². The quantitative estimate of drug-likeness (QED) is 0.527. The fraction of sp³-hybridized carbons (Fsp3) is 0.182. The van der Waals surface area contributed by atoms with E-state index in [-0.39, 0.29) is 0 Å². The molecule has 0 N–H and O–H groups in total. The topological polar surface area (TPSA) is 35.5 Å². The number of hydrogen-bond donors (Lipinski definition) is 0. The first-order chi connectivity index (χ1) is 6.77. The zero-order valence-electron chi connectivity index (χ0n) is 8.03. The number of methoxy groups -OCH3 is 1. The monoisotopic (exact) mass is 190 g/mol. The standard InChI is InChI=1S/C11H10O3/c1-3-8-14-11(12)9-4-6-10(13-2)7-5-9/h4-7H,1-2H3. The van der Waals surface area contributed by atoms with Crippen LogP contribution < -0.4 is 4.74 Å². The first-order valence-electron chi connectivity index (χ1n) is 4.05. The summed E-state index contributed by atoms with van der Waals surface area (Å²) < 4.78 is 9.56. The zero-order valence-corrected chi connectivity index (χ0v) is 8.03. The van der Waals surface area contributed by atoms with Crippen LogP contribution in [0.15, 0.2) is 24.3 Å². The molecule has 1 aromatic carbocycles. The summed E-state index contributed by atoms with van der Waals surface area (Å²) in [6, 6.07) is 6.63. The Bertz CT molecular complexity index is 368. The number of benzene rings is 1. The molecule has 0 spiro atoms. The Morgan fingerprint density at radius 2 is 1.93 bits per heavy atom. The van der Waals surface area contributed by atoms with Crippen molar-refractivity contribution in [3.63, 3.8) is 0 Å². The predicted molar refractivity (Wildman–Crippen MR) is 51.9 cm³/mol. The van der Waals surface area contributed by atoms with Gasteiger partial charge in [-0.2, -0.15) is 0 Å². The van der Waals surface area contributed by atoms with Crippen molar-refractivity contribution in [2.45, 2.75) is 6.92 Å². The summed E-state index contributed by atoms with van der Waals surface area (Å²) in [5, 5.41) is 0. The van der Waals surface area contributed by atoms with E-state index in [2.05, 4.69) is 16.8 Å². The summed E-state index contributed by atoms with van der Waals surface area (Å²) in [5.41, 5.74) is 0.452. The molecule has 0 bridgehead atoms. The van der Waals surface area contributed by atoms with E-state index in [1.807, 2.05) is 0 Å². The minimum atomic E-state index is -0.456. The fourth-order valence-electron chi connectivity index (χ4n) is 0.883. The van der Waals surface area contributed by atoms with Crippen LogP contribution >= 0.6 is 0 Å². The molecule has 0 aliphatic heterocycles. The molecule has 0 aliphatic rings. The van der Waals surface area contributed by atoms with Crippen LogP contribution in [0, 0.1) is 12.0 Å². The normalized spacial score (nSPS) is 8.43. The molecule has 0 saturated carbocycles. The second-order valence-electron chi connectivity index (χ2n) is 2.47. The highest BCUT2D eigenvalue weighted by molar-refractivity contribution is 5.90. The third kappa shape index (κ3) is 2.53. The number of carbonyl (C=O) groups excluding carboxylic acids is 1. The number of rotatable bonds is 2. The van der Waals surface area contributed by atoms with Crippen molar-refractivity contribution in [1.29, 1.82) is 0 Å². The third-order valence-electron chi connectivity index (χ3n) is 1.57. The van der Waals surface area contributed by atoms with Gasteiger partial charge in [0, 0.05) is 6.92 Å². The number of esters is 1. The minimum absolute atomic E-state index is 0.452. The molecule has 14 heavy (non-hydrogen) atoms. The van der Waals surface area contributed by atoms with E-state index in [0.717, 1.165) is 0 Å². The maximum Gasteiger partial charge on any atom is 0.352 e. The summed E-state index contributed by atoms with van der Waals surface area (Å²) >= 11 is 0. The number of ether oxygens (including phenoxy) is 2. The van der Waals surface area contributed by atoms with Crippen molar-refractivity contribution in [1.82, 2.24) is 0 Å². The maximum atomic E-state index is 11.2. The van der Waals surface area contributed by atoms with Crippen LogP contribution in [-0.2, 0) is 4.74 Å². The highest BCUT2D eigenvalue weighted by Crippen LogP contribution is 2.11. The van der Waals surface area contributed by atoms with Crippen LogP contribution in [0.2, 0.25) is 0 Å². The lowest BCUT2D eigenvalue weighted by Gasteiger charge is -2.00. The van der Waals surface area contributed by atoms with Gasteiger partial charge in [0.25, 0.3) is 0 Å². The van der Waals surface area contributed by atoms with Gasteiger partial charge >= 0.3 is 5.97 Å². The van der Waals surface area contributed by atoms with Crippen LogP contribution in [0.1, 0.15) is 17.3 Å². The van der Waals surface area contributed by atoms with Gasteiger partial charge in [-0.05, 0) is 24.3 Å². The van der Waals surface area contributed by atoms with Gasteiger partial charge < -0.3 is 9.47 Å². The van der Waals surface area contributed by atoms with Gasteiger partial charge in [0.05, 0.1) is 12.7 Å². The third-order valence-corrected chi connectivity index (χ3v) is 1.57. The SMILES string of the molecule is CC#COC(=O)c1ccc(OC)cc1. The molecule has 0 amide bonds. The highest BCUT2D eigenvalue weighted by Gasteiger charge is 2.05. The van der Waals surface area contributed by atoms with E-state index in [1.165, 1.54) is 0 Å². The lowest BCUT2D eigenvalue weighted by Crippen LogP contribution is -2.00. The van der Waals surface area contributed by atoms with E-state index in [4.69, 9.17) is 4.74 Å². The Morgan fingerprint density at radius 3 is 2.43 bits per heavy atom. The maximum absolute atomic E-state index is 11.2. The summed E-state index contributed by atoms with van der Waals surface area (Å²) in [5.74, 6) is 2.71. The molecular formula is C11H10O3. The summed E-state index contributed by atoms with van der Waals surface area (Å²) in [6.07, 6.45) is 2.24. The van der Waals surface area contributed by atoms with Crippen molar-refractivity contribution in [3.8, 4) is 17.8 Å². The summed E-state index contributed by atoms with van der Waals surface area (Å²) in [6.45, 7) is 1.60. The van der Waals surface area contributed by atoms with Crippen molar-refractivity contribution >= 4 is 5.97 Å². The predicted octanol–water partition coefficient (Wildman–Crippen LogP) is 1.83. The molecule has 3 heteroatoms. The second kappa shape index (κ2) is 4.93. The molecule has 1 aromatic rings. The average molecular weight is 190 g/mol. The van der Waals surface area contributed by atoms with Crippen LogP contribution in [0.5, 0.6) is 5.75 Å². The van der Waals surface area contributed by atoms with Gasteiger partial charge in [0.1, 0.15) is 11.9 Å². The van der Waals surface area contributed by atoms with Crippen molar-refractivity contribution in [2.75, 3.05) is 7.11 Å². The van der Waals surface area contributed by atoms with Crippen molar-refractivity contribution in [2.24, 2.45) is 0 Å². The van der Waals surface area contributed by atoms with Gasteiger partial charge in [0.2, 0.25) is 0 Å². The summed E-state index contributed by atoms with van der Waals surface area (Å²) in [7, 11) is 1.57. The molecule has 3 nitrogen and oxygen atoms in total. The number of hydrogen-bond acceptors (Lipinski definition) is 3. The molecule has 0 aliphatic carbocycles. The molecule has 1 rings (SSSR count).